The van der Waals surface area contributed by atoms with Gasteiger partial charge in [0, 0.05) is 17.4 Å². The van der Waals surface area contributed by atoms with E-state index in [4.69, 9.17) is 11.5 Å². The van der Waals surface area contributed by atoms with Gasteiger partial charge in [0.15, 0.2) is 11.0 Å². The Kier molecular flexibility index (Phi) is 3.96. The molecule has 0 radical (unpaired) electrons. The summed E-state index contributed by atoms with van der Waals surface area (Å²) < 4.78 is 14.3. The Morgan fingerprint density at radius 2 is 2.09 bits per heavy atom. The quantitative estimate of drug-likeness (QED) is 0.803. The molecule has 0 unspecified atom stereocenters. The number of aliphatic imine (C=N–C) groups is 1. The number of benzene rings is 1. The Morgan fingerprint density at radius 3 is 2.83 bits per heavy atom. The van der Waals surface area contributed by atoms with Crippen LogP contribution in [0, 0.1) is 5.82 Å². The zero-order chi connectivity index (χ0) is 16.4. The zero-order valence-corrected chi connectivity index (χ0v) is 13.3. The number of aromatic nitrogens is 1. The summed E-state index contributed by atoms with van der Waals surface area (Å²) in [5, 5.41) is 5.32. The van der Waals surface area contributed by atoms with E-state index >= 15 is 0 Å². The molecule has 1 aromatic heterocycles. The van der Waals surface area contributed by atoms with Gasteiger partial charge in [-0.2, -0.15) is 0 Å². The lowest BCUT2D eigenvalue weighted by Crippen LogP contribution is -2.24. The normalized spacial score (nSPS) is 20.2. The molecule has 2 aromatic rings. The second-order valence-electron chi connectivity index (χ2n) is 5.28. The maximum absolute atomic E-state index is 14.3. The molecule has 5 N–H and O–H groups in total. The highest BCUT2D eigenvalue weighted by molar-refractivity contribution is 8.16. The third kappa shape index (κ3) is 3.14. The maximum atomic E-state index is 14.3. The van der Waals surface area contributed by atoms with E-state index in [1.807, 2.05) is 18.4 Å². The number of nitrogens with two attached hydrogens (primary N) is 2. The number of nitrogens with zero attached hydrogens (tertiary/aromatic N) is 2. The summed E-state index contributed by atoms with van der Waals surface area (Å²) in [5.41, 5.74) is 12.4. The average Bonchev–Trinajstić information content (AvgIpc) is 2.51. The minimum atomic E-state index is -0.841. The first-order valence-electron chi connectivity index (χ1n) is 6.95. The van der Waals surface area contributed by atoms with E-state index in [9.17, 15) is 4.39 Å². The molecule has 5 nitrogen and oxygen atoms in total. The summed E-state index contributed by atoms with van der Waals surface area (Å²) in [6.45, 7) is 1.81. The third-order valence-electron chi connectivity index (χ3n) is 3.54. The van der Waals surface area contributed by atoms with Crippen LogP contribution in [0.1, 0.15) is 12.5 Å². The van der Waals surface area contributed by atoms with Gasteiger partial charge in [-0.3, -0.25) is 0 Å². The molecule has 0 saturated heterocycles. The summed E-state index contributed by atoms with van der Waals surface area (Å²) in [6, 6.07) is 8.21. The molecule has 1 aromatic carbocycles. The lowest BCUT2D eigenvalue weighted by atomic mass is 9.92. The van der Waals surface area contributed by atoms with Crippen LogP contribution in [0.3, 0.4) is 0 Å². The fraction of sp³-hybridized carbons (Fsp3) is 0.125. The molecule has 1 aliphatic rings. The Bertz CT molecular complexity index is 805. The number of rotatable bonds is 3. The van der Waals surface area contributed by atoms with E-state index in [2.05, 4.69) is 15.3 Å². The molecule has 2 heterocycles. The Labute approximate surface area is 137 Å². The molecule has 0 spiro atoms. The first kappa shape index (κ1) is 15.4. The number of halogens is 1. The molecule has 0 bridgehead atoms. The first-order valence-corrected chi connectivity index (χ1v) is 7.83. The van der Waals surface area contributed by atoms with Crippen LogP contribution >= 0.6 is 11.8 Å². The Balaban J connectivity index is 1.99. The van der Waals surface area contributed by atoms with Crippen LogP contribution in [0.5, 0.6) is 0 Å². The highest BCUT2D eigenvalue weighted by Crippen LogP contribution is 2.35. The molecule has 0 fully saturated rings. The van der Waals surface area contributed by atoms with E-state index in [1.54, 1.807) is 30.5 Å². The van der Waals surface area contributed by atoms with E-state index in [0.29, 0.717) is 27.9 Å². The minimum absolute atomic E-state index is 0.347. The maximum Gasteiger partial charge on any atom is 0.159 e. The number of pyridine rings is 1. The van der Waals surface area contributed by atoms with Crippen LogP contribution in [0.4, 0.5) is 21.6 Å². The van der Waals surface area contributed by atoms with E-state index in [-0.39, 0.29) is 5.82 Å². The summed E-state index contributed by atoms with van der Waals surface area (Å²) in [6.07, 6.45) is 3.46. The van der Waals surface area contributed by atoms with Crippen LogP contribution in [-0.2, 0) is 5.54 Å². The first-order chi connectivity index (χ1) is 11.0. The van der Waals surface area contributed by atoms with Crippen LogP contribution in [0.2, 0.25) is 0 Å². The highest BCUT2D eigenvalue weighted by Gasteiger charge is 2.29. The molecular weight excluding hydrogens is 313 g/mol. The summed E-state index contributed by atoms with van der Waals surface area (Å²) >= 11 is 1.31. The molecule has 23 heavy (non-hydrogen) atoms. The van der Waals surface area contributed by atoms with Crippen molar-refractivity contribution in [1.82, 2.24) is 4.98 Å². The number of hydrogen-bond donors (Lipinski definition) is 3. The highest BCUT2D eigenvalue weighted by atomic mass is 32.2. The van der Waals surface area contributed by atoms with Gasteiger partial charge < -0.3 is 16.8 Å². The van der Waals surface area contributed by atoms with Crippen molar-refractivity contribution in [2.75, 3.05) is 11.1 Å². The van der Waals surface area contributed by atoms with E-state index in [1.165, 1.54) is 17.8 Å². The van der Waals surface area contributed by atoms with Crippen molar-refractivity contribution in [3.05, 3.63) is 59.4 Å². The number of nitrogen functional groups attached to an aromatic ring is 1. The largest absolute Gasteiger partial charge is 0.396 e. The number of anilines is 3. The topological polar surface area (TPSA) is 89.3 Å². The minimum Gasteiger partial charge on any atom is -0.396 e. The molecule has 1 atom stereocenters. The zero-order valence-electron chi connectivity index (χ0n) is 12.5. The SMILES string of the molecule is C[C@@]1(c2cc(Nc3ncccc3N)ccc2F)C=CSC(N)=N1. The fourth-order valence-corrected chi connectivity index (χ4v) is 3.04. The lowest BCUT2D eigenvalue weighted by molar-refractivity contribution is 0.546. The molecular formula is C16H16FN5S. The standard InChI is InChI=1S/C16H16FN5S/c1-16(6-8-23-15(19)22-16)11-9-10(4-5-12(11)17)21-14-13(18)3-2-7-20-14/h2-9H,18H2,1H3,(H2,19,22)(H,20,21)/t16-/m0/s1. The summed E-state index contributed by atoms with van der Waals surface area (Å²) in [7, 11) is 0. The van der Waals surface area contributed by atoms with Crippen molar-refractivity contribution in [2.45, 2.75) is 12.5 Å². The second-order valence-corrected chi connectivity index (χ2v) is 6.21. The monoisotopic (exact) mass is 329 g/mol. The van der Waals surface area contributed by atoms with Gasteiger partial charge >= 0.3 is 0 Å². The molecule has 3 rings (SSSR count). The van der Waals surface area contributed by atoms with E-state index in [0.717, 1.165) is 0 Å². The van der Waals surface area contributed by atoms with E-state index < -0.39 is 5.54 Å². The molecule has 0 aliphatic carbocycles. The van der Waals surface area contributed by atoms with Crippen LogP contribution < -0.4 is 16.8 Å². The lowest BCUT2D eigenvalue weighted by Gasteiger charge is -2.26. The van der Waals surface area contributed by atoms with Gasteiger partial charge in [-0.15, -0.1) is 0 Å². The molecule has 0 saturated carbocycles. The predicted molar refractivity (Wildman–Crippen MR) is 94.0 cm³/mol. The van der Waals surface area contributed by atoms with Crippen molar-refractivity contribution in [3.63, 3.8) is 0 Å². The van der Waals surface area contributed by atoms with Gasteiger partial charge in [0.1, 0.15) is 11.4 Å². The number of amidine groups is 1. The summed E-state index contributed by atoms with van der Waals surface area (Å²) in [4.78, 5) is 8.55. The number of hydrogen-bond acceptors (Lipinski definition) is 6. The van der Waals surface area contributed by atoms with Gasteiger partial charge in [-0.1, -0.05) is 11.8 Å². The molecule has 7 heteroatoms. The molecule has 1 aliphatic heterocycles. The van der Waals surface area contributed by atoms with Crippen molar-refractivity contribution >= 4 is 34.1 Å². The molecule has 0 amide bonds. The molecule has 118 valence electrons. The Morgan fingerprint density at radius 1 is 1.26 bits per heavy atom. The second kappa shape index (κ2) is 5.92. The van der Waals surface area contributed by atoms with Crippen molar-refractivity contribution in [1.29, 1.82) is 0 Å². The van der Waals surface area contributed by atoms with Crippen LogP contribution in [0.25, 0.3) is 0 Å². The van der Waals surface area contributed by atoms with Gasteiger partial charge in [0.2, 0.25) is 0 Å². The van der Waals surface area contributed by atoms with Gasteiger partial charge in [0.05, 0.1) is 5.69 Å². The van der Waals surface area contributed by atoms with Gasteiger partial charge in [-0.05, 0) is 48.7 Å². The van der Waals surface area contributed by atoms with Crippen molar-refractivity contribution < 1.29 is 4.39 Å². The van der Waals surface area contributed by atoms with Crippen molar-refractivity contribution in [3.8, 4) is 0 Å². The smallest absolute Gasteiger partial charge is 0.159 e. The van der Waals surface area contributed by atoms with Crippen LogP contribution in [-0.4, -0.2) is 10.2 Å². The van der Waals surface area contributed by atoms with Crippen LogP contribution in [0.15, 0.2) is 53.0 Å². The predicted octanol–water partition coefficient (Wildman–Crippen LogP) is 3.34. The van der Waals surface area contributed by atoms with Gasteiger partial charge in [-0.25, -0.2) is 14.4 Å². The number of thioether (sulfide) groups is 1. The summed E-state index contributed by atoms with van der Waals surface area (Å²) in [5.74, 6) is 0.174. The third-order valence-corrected chi connectivity index (χ3v) is 4.14. The fourth-order valence-electron chi connectivity index (χ4n) is 2.33. The van der Waals surface area contributed by atoms with Crippen molar-refractivity contribution in [2.24, 2.45) is 10.7 Å². The Hall–Kier alpha value is -2.54. The number of nitrogens with one attached hydrogen (secondary N) is 1. The average molecular weight is 329 g/mol. The van der Waals surface area contributed by atoms with Gasteiger partial charge in [0.25, 0.3) is 0 Å².